The van der Waals surface area contributed by atoms with Crippen LogP contribution in [0.5, 0.6) is 0 Å². The van der Waals surface area contributed by atoms with Crippen molar-refractivity contribution in [1.29, 1.82) is 0 Å². The Bertz CT molecular complexity index is 3240. The molecule has 0 amide bonds. The van der Waals surface area contributed by atoms with Gasteiger partial charge in [-0.25, -0.2) is 0 Å². The molecular formula is C48H30. The van der Waals surface area contributed by atoms with Gasteiger partial charge in [0.1, 0.15) is 0 Å². The summed E-state index contributed by atoms with van der Waals surface area (Å²) in [4.78, 5) is 0. The summed E-state index contributed by atoms with van der Waals surface area (Å²) in [6, 6.07) is 41.2. The van der Waals surface area contributed by atoms with Crippen LogP contribution in [0, 0.1) is 0 Å². The number of benzene rings is 10. The molecule has 0 N–H and O–H groups in total. The molecule has 10 aromatic rings. The molecule has 10 rings (SSSR count). The van der Waals surface area contributed by atoms with Gasteiger partial charge in [0.25, 0.3) is 0 Å². The average Bonchev–Trinajstić information content (AvgIpc) is 3.25. The fourth-order valence-electron chi connectivity index (χ4n) is 7.62. The number of hydrogen-bond acceptors (Lipinski definition) is 0. The molecular weight excluding hydrogens is 577 g/mol. The minimum atomic E-state index is -0.421. The van der Waals surface area contributed by atoms with Crippen molar-refractivity contribution in [3.05, 3.63) is 182 Å². The van der Waals surface area contributed by atoms with Crippen molar-refractivity contribution in [2.24, 2.45) is 0 Å². The summed E-state index contributed by atoms with van der Waals surface area (Å²) in [5.41, 5.74) is 3.79. The van der Waals surface area contributed by atoms with Crippen molar-refractivity contribution in [3.63, 3.8) is 0 Å². The molecule has 0 fully saturated rings. The Morgan fingerprint density at radius 1 is 0.292 bits per heavy atom. The molecule has 10 aromatic carbocycles. The van der Waals surface area contributed by atoms with E-state index >= 15 is 0 Å². The van der Waals surface area contributed by atoms with Crippen LogP contribution in [0.3, 0.4) is 0 Å². The van der Waals surface area contributed by atoms with Gasteiger partial charge in [-0.05, 0) is 104 Å². The molecule has 0 saturated carbocycles. The van der Waals surface area contributed by atoms with Crippen LogP contribution in [0.25, 0.3) is 98.0 Å². The van der Waals surface area contributed by atoms with E-state index in [-0.39, 0.29) is 45.7 Å². The predicted octanol–water partition coefficient (Wildman–Crippen LogP) is 13.6. The quantitative estimate of drug-likeness (QED) is 0.137. The average molecular weight is 615 g/mol. The summed E-state index contributed by atoms with van der Waals surface area (Å²) in [6.45, 7) is 0. The summed E-state index contributed by atoms with van der Waals surface area (Å²) in [5, 5.41) is 8.70. The van der Waals surface area contributed by atoms with Crippen LogP contribution in [0.15, 0.2) is 182 Å². The fourth-order valence-corrected chi connectivity index (χ4v) is 7.62. The third-order valence-electron chi connectivity index (χ3n) is 9.67. The van der Waals surface area contributed by atoms with E-state index < -0.39 is 24.2 Å². The van der Waals surface area contributed by atoms with E-state index in [1.54, 1.807) is 0 Å². The van der Waals surface area contributed by atoms with E-state index in [1.807, 2.05) is 97.1 Å². The molecule has 0 heterocycles. The van der Waals surface area contributed by atoms with E-state index in [1.165, 1.54) is 0 Å². The first kappa shape index (κ1) is 20.1. The van der Waals surface area contributed by atoms with Crippen molar-refractivity contribution in [3.8, 4) is 33.4 Å². The third-order valence-corrected chi connectivity index (χ3v) is 9.67. The highest BCUT2D eigenvalue weighted by molar-refractivity contribution is 6.34. The van der Waals surface area contributed by atoms with E-state index in [2.05, 4.69) is 36.4 Å². The lowest BCUT2D eigenvalue weighted by atomic mass is 9.82. The lowest BCUT2D eigenvalue weighted by Crippen LogP contribution is -1.93. The van der Waals surface area contributed by atoms with Crippen LogP contribution < -0.4 is 0 Å². The van der Waals surface area contributed by atoms with Crippen molar-refractivity contribution < 1.29 is 11.0 Å². The minimum Gasteiger partial charge on any atom is -0.0622 e. The number of rotatable bonds is 3. The molecule has 0 aliphatic carbocycles. The van der Waals surface area contributed by atoms with E-state index in [0.717, 1.165) is 54.2 Å². The van der Waals surface area contributed by atoms with Gasteiger partial charge >= 0.3 is 0 Å². The maximum atomic E-state index is 9.54. The smallest absolute Gasteiger partial charge is 0.0622 e. The Labute approximate surface area is 290 Å². The highest BCUT2D eigenvalue weighted by Crippen LogP contribution is 2.48. The molecule has 0 saturated heterocycles. The first-order valence-electron chi connectivity index (χ1n) is 20.0. The van der Waals surface area contributed by atoms with Crippen LogP contribution in [0.1, 0.15) is 11.0 Å². The van der Waals surface area contributed by atoms with Crippen molar-refractivity contribution in [2.45, 2.75) is 0 Å². The van der Waals surface area contributed by atoms with Gasteiger partial charge in [0.2, 0.25) is 0 Å². The van der Waals surface area contributed by atoms with Gasteiger partial charge in [-0.3, -0.25) is 0 Å². The summed E-state index contributed by atoms with van der Waals surface area (Å²) in [6.07, 6.45) is 0. The Morgan fingerprint density at radius 2 is 0.688 bits per heavy atom. The molecule has 0 bridgehead atoms. The molecule has 0 unspecified atom stereocenters. The topological polar surface area (TPSA) is 0 Å². The highest BCUT2D eigenvalue weighted by Gasteiger charge is 2.20. The van der Waals surface area contributed by atoms with Gasteiger partial charge in [0.15, 0.2) is 0 Å². The molecule has 48 heavy (non-hydrogen) atoms. The monoisotopic (exact) mass is 614 g/mol. The molecule has 0 aliphatic rings. The van der Waals surface area contributed by atoms with Crippen molar-refractivity contribution in [1.82, 2.24) is 0 Å². The second kappa shape index (κ2) is 10.7. The normalized spacial score (nSPS) is 14.1. The zero-order chi connectivity index (χ0) is 38.6. The summed E-state index contributed by atoms with van der Waals surface area (Å²) in [5.74, 6) is 0. The van der Waals surface area contributed by atoms with E-state index in [9.17, 15) is 5.48 Å². The molecule has 0 atom stereocenters. The fraction of sp³-hybridized carbons (Fsp3) is 0. The zero-order valence-corrected chi connectivity index (χ0v) is 25.7. The first-order valence-corrected chi connectivity index (χ1v) is 16.0. The van der Waals surface area contributed by atoms with E-state index in [4.69, 9.17) is 5.48 Å². The molecule has 0 aliphatic heterocycles. The van der Waals surface area contributed by atoms with Crippen LogP contribution in [0.2, 0.25) is 0 Å². The predicted molar refractivity (Wildman–Crippen MR) is 208 cm³/mol. The lowest BCUT2D eigenvalue weighted by molar-refractivity contribution is 1.61. The summed E-state index contributed by atoms with van der Waals surface area (Å²) >= 11 is 0. The van der Waals surface area contributed by atoms with Crippen LogP contribution in [-0.4, -0.2) is 0 Å². The molecule has 0 heteroatoms. The second-order valence-electron chi connectivity index (χ2n) is 12.2. The maximum absolute atomic E-state index is 9.54. The molecule has 0 nitrogen and oxygen atoms in total. The van der Waals surface area contributed by atoms with Gasteiger partial charge in [0, 0.05) is 0 Å². The van der Waals surface area contributed by atoms with Gasteiger partial charge in [-0.15, -0.1) is 0 Å². The van der Waals surface area contributed by atoms with Gasteiger partial charge in [-0.1, -0.05) is 176 Å². The molecule has 0 aromatic heterocycles. The SMILES string of the molecule is [2H]c1c([2H])c([2H])c2c(-c3cc4c5ccccc5c5ccccc5c4c4ccccc34)c3c([2H])c([2H])c([2H])c([2H])c3c(-c3ccc(-c4ccccc4)cc3)c2c1[2H]. The molecule has 222 valence electrons. The first-order chi connectivity index (χ1) is 27.2. The summed E-state index contributed by atoms with van der Waals surface area (Å²) < 4.78 is 73.7. The lowest BCUT2D eigenvalue weighted by Gasteiger charge is -2.21. The molecule has 0 radical (unpaired) electrons. The number of fused-ring (bicyclic) bond motifs is 10. The maximum Gasteiger partial charge on any atom is 0.0629 e. The highest BCUT2D eigenvalue weighted by atomic mass is 14.2. The molecule has 0 spiro atoms. The van der Waals surface area contributed by atoms with Crippen molar-refractivity contribution in [2.75, 3.05) is 0 Å². The largest absolute Gasteiger partial charge is 0.0629 e. The van der Waals surface area contributed by atoms with Crippen molar-refractivity contribution >= 4 is 64.6 Å². The van der Waals surface area contributed by atoms with Gasteiger partial charge in [-0.2, -0.15) is 0 Å². The van der Waals surface area contributed by atoms with E-state index in [0.29, 0.717) is 22.3 Å². The Balaban J connectivity index is 1.47. The Kier molecular flexibility index (Phi) is 4.46. The Hall–Kier alpha value is -6.24. The van der Waals surface area contributed by atoms with Crippen LogP contribution >= 0.6 is 0 Å². The zero-order valence-electron chi connectivity index (χ0n) is 33.7. The standard InChI is InChI=1S/C48H30/c1-2-14-31(15-3-1)32-26-28-33(29-27-32)46-40-22-10-12-24-42(40)48(43-25-13-11-23-41(43)46)45-30-44-36-18-5-4-16-34(36)35-17-6-8-20-38(35)47(44)39-21-9-7-19-37(39)45/h1-30H/i10D,11D,12D,13D,22D,23D,24D,25D. The van der Waals surface area contributed by atoms with Crippen LogP contribution in [-0.2, 0) is 0 Å². The third kappa shape index (κ3) is 3.96. The van der Waals surface area contributed by atoms with Crippen LogP contribution in [0.4, 0.5) is 0 Å². The van der Waals surface area contributed by atoms with Gasteiger partial charge < -0.3 is 0 Å². The summed E-state index contributed by atoms with van der Waals surface area (Å²) in [7, 11) is 0. The number of hydrogen-bond donors (Lipinski definition) is 0. The van der Waals surface area contributed by atoms with Gasteiger partial charge in [0.05, 0.1) is 11.0 Å². The minimum absolute atomic E-state index is 0.198. The second-order valence-corrected chi connectivity index (χ2v) is 12.2. The Morgan fingerprint density at radius 3 is 1.27 bits per heavy atom.